The number of hydrogen-bond acceptors (Lipinski definition) is 2. The second kappa shape index (κ2) is 8.85. The largest absolute Gasteiger partial charge is 0.348 e. The molecule has 0 aromatic heterocycles. The summed E-state index contributed by atoms with van der Waals surface area (Å²) in [6, 6.07) is 11.4. The van der Waals surface area contributed by atoms with E-state index in [9.17, 15) is 9.18 Å². The Balaban J connectivity index is 1.61. The van der Waals surface area contributed by atoms with Gasteiger partial charge in [0.2, 0.25) is 0 Å². The summed E-state index contributed by atoms with van der Waals surface area (Å²) in [6.07, 6.45) is 4.13. The third-order valence-corrected chi connectivity index (χ3v) is 5.48. The van der Waals surface area contributed by atoms with Crippen LogP contribution < -0.4 is 10.6 Å². The van der Waals surface area contributed by atoms with Crippen molar-refractivity contribution in [2.45, 2.75) is 44.3 Å². The molecule has 1 aliphatic carbocycles. The maximum absolute atomic E-state index is 13.0. The van der Waals surface area contributed by atoms with Gasteiger partial charge in [0.1, 0.15) is 5.82 Å². The summed E-state index contributed by atoms with van der Waals surface area (Å²) in [5.74, 6) is -0.515. The normalized spacial score (nSPS) is 20.0. The van der Waals surface area contributed by atoms with Crippen LogP contribution in [0.5, 0.6) is 0 Å². The van der Waals surface area contributed by atoms with Gasteiger partial charge in [-0.25, -0.2) is 4.39 Å². The molecule has 0 spiro atoms. The van der Waals surface area contributed by atoms with Gasteiger partial charge in [-0.15, -0.1) is 0 Å². The lowest BCUT2D eigenvalue weighted by molar-refractivity contribution is 0.0915. The SMILES string of the molecule is O=C(N[C@@H]1CCCC[C@@H]1NCc1ccc(Cl)c(Cl)c1)c1ccc(F)cc1. The fourth-order valence-electron chi connectivity index (χ4n) is 3.30. The van der Waals surface area contributed by atoms with Crippen LogP contribution in [0.25, 0.3) is 0 Å². The Bertz CT molecular complexity index is 767. The van der Waals surface area contributed by atoms with Gasteiger partial charge in [0.05, 0.1) is 10.0 Å². The standard InChI is InChI=1S/C20H21Cl2FN2O/c21-16-10-5-13(11-17(16)22)12-24-18-3-1-2-4-19(18)25-20(26)14-6-8-15(23)9-7-14/h5-11,18-19,24H,1-4,12H2,(H,25,26)/t18-,19+/m0/s1. The Morgan fingerprint density at radius 3 is 2.38 bits per heavy atom. The highest BCUT2D eigenvalue weighted by Gasteiger charge is 2.26. The Morgan fingerprint density at radius 2 is 1.69 bits per heavy atom. The Labute approximate surface area is 162 Å². The number of hydrogen-bond donors (Lipinski definition) is 2. The lowest BCUT2D eigenvalue weighted by atomic mass is 9.90. The second-order valence-electron chi connectivity index (χ2n) is 6.61. The van der Waals surface area contributed by atoms with Crippen LogP contribution in [0.4, 0.5) is 4.39 Å². The van der Waals surface area contributed by atoms with Crippen molar-refractivity contribution >= 4 is 29.1 Å². The number of nitrogens with one attached hydrogen (secondary N) is 2. The molecule has 2 N–H and O–H groups in total. The Hall–Kier alpha value is -1.62. The van der Waals surface area contributed by atoms with Crippen molar-refractivity contribution in [3.63, 3.8) is 0 Å². The van der Waals surface area contributed by atoms with E-state index in [0.717, 1.165) is 31.2 Å². The lowest BCUT2D eigenvalue weighted by Crippen LogP contribution is -2.51. The van der Waals surface area contributed by atoms with Gasteiger partial charge in [-0.05, 0) is 54.8 Å². The van der Waals surface area contributed by atoms with Crippen LogP contribution in [0, 0.1) is 5.82 Å². The second-order valence-corrected chi connectivity index (χ2v) is 7.42. The molecular weight excluding hydrogens is 374 g/mol. The summed E-state index contributed by atoms with van der Waals surface area (Å²) in [4.78, 5) is 12.4. The fourth-order valence-corrected chi connectivity index (χ4v) is 3.62. The molecule has 1 saturated carbocycles. The lowest BCUT2D eigenvalue weighted by Gasteiger charge is -2.33. The van der Waals surface area contributed by atoms with E-state index in [2.05, 4.69) is 10.6 Å². The molecule has 0 unspecified atom stereocenters. The average molecular weight is 395 g/mol. The molecule has 3 rings (SSSR count). The first-order valence-corrected chi connectivity index (χ1v) is 9.52. The van der Waals surface area contributed by atoms with E-state index < -0.39 is 0 Å². The van der Waals surface area contributed by atoms with Gasteiger partial charge < -0.3 is 10.6 Å². The highest BCUT2D eigenvalue weighted by Crippen LogP contribution is 2.23. The van der Waals surface area contributed by atoms with Crippen molar-refractivity contribution in [1.82, 2.24) is 10.6 Å². The summed E-state index contributed by atoms with van der Waals surface area (Å²) in [6.45, 7) is 0.657. The minimum absolute atomic E-state index is 0.0454. The fraction of sp³-hybridized carbons (Fsp3) is 0.350. The third kappa shape index (κ3) is 4.97. The van der Waals surface area contributed by atoms with Crippen molar-refractivity contribution in [2.75, 3.05) is 0 Å². The predicted molar refractivity (Wildman–Crippen MR) is 103 cm³/mol. The molecule has 3 nitrogen and oxygen atoms in total. The molecule has 2 aromatic rings. The summed E-state index contributed by atoms with van der Waals surface area (Å²) in [7, 11) is 0. The molecule has 2 aromatic carbocycles. The molecule has 26 heavy (non-hydrogen) atoms. The molecule has 2 atom stereocenters. The van der Waals surface area contributed by atoms with Crippen molar-refractivity contribution in [3.05, 3.63) is 69.5 Å². The van der Waals surface area contributed by atoms with E-state index in [1.807, 2.05) is 12.1 Å². The maximum atomic E-state index is 13.0. The van der Waals surface area contributed by atoms with Crippen LogP contribution in [0.15, 0.2) is 42.5 Å². The predicted octanol–water partition coefficient (Wildman–Crippen LogP) is 4.96. The molecule has 1 aliphatic rings. The molecule has 0 aliphatic heterocycles. The molecular formula is C20H21Cl2FN2O. The van der Waals surface area contributed by atoms with E-state index >= 15 is 0 Å². The molecule has 1 fully saturated rings. The number of rotatable bonds is 5. The van der Waals surface area contributed by atoms with Crippen LogP contribution >= 0.6 is 23.2 Å². The van der Waals surface area contributed by atoms with Gasteiger partial charge in [-0.2, -0.15) is 0 Å². The first-order valence-electron chi connectivity index (χ1n) is 8.76. The zero-order valence-corrected chi connectivity index (χ0v) is 15.8. The zero-order chi connectivity index (χ0) is 18.5. The Kier molecular flexibility index (Phi) is 6.52. The van der Waals surface area contributed by atoms with Crippen molar-refractivity contribution in [3.8, 4) is 0 Å². The minimum atomic E-state index is -0.347. The molecule has 0 saturated heterocycles. The minimum Gasteiger partial charge on any atom is -0.348 e. The highest BCUT2D eigenvalue weighted by atomic mass is 35.5. The summed E-state index contributed by atoms with van der Waals surface area (Å²) < 4.78 is 13.0. The number of amides is 1. The zero-order valence-electron chi connectivity index (χ0n) is 14.3. The van der Waals surface area contributed by atoms with E-state index in [4.69, 9.17) is 23.2 Å². The number of carbonyl (C=O) groups excluding carboxylic acids is 1. The van der Waals surface area contributed by atoms with Crippen LogP contribution in [0.1, 0.15) is 41.6 Å². The van der Waals surface area contributed by atoms with Crippen molar-refractivity contribution in [2.24, 2.45) is 0 Å². The van der Waals surface area contributed by atoms with E-state index in [0.29, 0.717) is 22.2 Å². The maximum Gasteiger partial charge on any atom is 0.251 e. The van der Waals surface area contributed by atoms with E-state index in [-0.39, 0.29) is 23.8 Å². The quantitative estimate of drug-likeness (QED) is 0.751. The number of carbonyl (C=O) groups is 1. The monoisotopic (exact) mass is 394 g/mol. The first-order chi connectivity index (χ1) is 12.5. The van der Waals surface area contributed by atoms with Crippen molar-refractivity contribution < 1.29 is 9.18 Å². The summed E-state index contributed by atoms with van der Waals surface area (Å²) in [5, 5.41) is 7.69. The van der Waals surface area contributed by atoms with Gasteiger partial charge in [-0.3, -0.25) is 4.79 Å². The molecule has 1 amide bonds. The van der Waals surface area contributed by atoms with E-state index in [1.54, 1.807) is 6.07 Å². The summed E-state index contributed by atoms with van der Waals surface area (Å²) >= 11 is 12.0. The third-order valence-electron chi connectivity index (χ3n) is 4.74. The number of halogens is 3. The van der Waals surface area contributed by atoms with Crippen molar-refractivity contribution in [1.29, 1.82) is 0 Å². The topological polar surface area (TPSA) is 41.1 Å². The van der Waals surface area contributed by atoms with Crippen LogP contribution in [0.2, 0.25) is 10.0 Å². The molecule has 0 radical (unpaired) electrons. The van der Waals surface area contributed by atoms with Crippen LogP contribution in [-0.4, -0.2) is 18.0 Å². The average Bonchev–Trinajstić information content (AvgIpc) is 2.64. The van der Waals surface area contributed by atoms with Gasteiger partial charge >= 0.3 is 0 Å². The highest BCUT2D eigenvalue weighted by molar-refractivity contribution is 6.42. The molecule has 0 heterocycles. The van der Waals surface area contributed by atoms with Gasteiger partial charge in [0, 0.05) is 24.2 Å². The smallest absolute Gasteiger partial charge is 0.251 e. The van der Waals surface area contributed by atoms with Gasteiger partial charge in [0.15, 0.2) is 0 Å². The summed E-state index contributed by atoms with van der Waals surface area (Å²) in [5.41, 5.74) is 1.52. The molecule has 6 heteroatoms. The van der Waals surface area contributed by atoms with Gasteiger partial charge in [0.25, 0.3) is 5.91 Å². The first kappa shape index (κ1) is 19.2. The molecule has 138 valence electrons. The number of benzene rings is 2. The van der Waals surface area contributed by atoms with Crippen LogP contribution in [-0.2, 0) is 6.54 Å². The molecule has 0 bridgehead atoms. The van der Waals surface area contributed by atoms with Crippen LogP contribution in [0.3, 0.4) is 0 Å². The van der Waals surface area contributed by atoms with E-state index in [1.165, 1.54) is 24.3 Å². The van der Waals surface area contributed by atoms with Gasteiger partial charge in [-0.1, -0.05) is 42.1 Å². The Morgan fingerprint density at radius 1 is 1.00 bits per heavy atom.